The Hall–Kier alpha value is -3.00. The van der Waals surface area contributed by atoms with Crippen LogP contribution >= 0.6 is 0 Å². The number of nitrogens with one attached hydrogen (secondary N) is 2. The normalized spacial score (nSPS) is 9.68. The van der Waals surface area contributed by atoms with Crippen LogP contribution in [0.2, 0.25) is 0 Å². The van der Waals surface area contributed by atoms with Crippen LogP contribution in [-0.4, -0.2) is 13.1 Å². The average molecular weight is 294 g/mol. The zero-order valence-corrected chi connectivity index (χ0v) is 12.4. The molecule has 0 bridgehead atoms. The molecule has 2 amide bonds. The van der Waals surface area contributed by atoms with E-state index in [4.69, 9.17) is 10.00 Å². The SMILES string of the molecule is C[CH]c1cccc(NC(=O)Nc2ccc(C#N)c(OC)c2)c1. The summed E-state index contributed by atoms with van der Waals surface area (Å²) in [6.45, 7) is 1.93. The Bertz CT molecular complexity index is 720. The molecule has 0 aliphatic carbocycles. The Morgan fingerprint density at radius 1 is 1.18 bits per heavy atom. The van der Waals surface area contributed by atoms with Gasteiger partial charge in [-0.2, -0.15) is 5.26 Å². The van der Waals surface area contributed by atoms with Crippen molar-refractivity contribution in [1.82, 2.24) is 0 Å². The molecule has 0 atom stereocenters. The van der Waals surface area contributed by atoms with Gasteiger partial charge in [-0.3, -0.25) is 0 Å². The smallest absolute Gasteiger partial charge is 0.323 e. The molecular formula is C17H16N3O2. The summed E-state index contributed by atoms with van der Waals surface area (Å²) in [6.07, 6.45) is 1.95. The molecule has 22 heavy (non-hydrogen) atoms. The lowest BCUT2D eigenvalue weighted by molar-refractivity contribution is 0.262. The number of carbonyl (C=O) groups excluding carboxylic acids is 1. The van der Waals surface area contributed by atoms with E-state index in [0.29, 0.717) is 22.7 Å². The molecule has 0 fully saturated rings. The first-order valence-corrected chi connectivity index (χ1v) is 6.72. The largest absolute Gasteiger partial charge is 0.495 e. The Kier molecular flexibility index (Phi) is 4.99. The quantitative estimate of drug-likeness (QED) is 0.901. The van der Waals surface area contributed by atoms with Crippen LogP contribution in [0, 0.1) is 17.8 Å². The molecule has 5 heteroatoms. The summed E-state index contributed by atoms with van der Waals surface area (Å²) in [5.74, 6) is 0.419. The molecule has 111 valence electrons. The summed E-state index contributed by atoms with van der Waals surface area (Å²) in [7, 11) is 1.48. The van der Waals surface area contributed by atoms with Crippen molar-refractivity contribution in [2.45, 2.75) is 6.92 Å². The third-order valence-electron chi connectivity index (χ3n) is 3.06. The van der Waals surface area contributed by atoms with Gasteiger partial charge in [-0.1, -0.05) is 19.1 Å². The maximum Gasteiger partial charge on any atom is 0.323 e. The van der Waals surface area contributed by atoms with Gasteiger partial charge in [0, 0.05) is 17.4 Å². The Morgan fingerprint density at radius 2 is 1.91 bits per heavy atom. The van der Waals surface area contributed by atoms with E-state index in [9.17, 15) is 4.79 Å². The number of ether oxygens (including phenoxy) is 1. The first kappa shape index (κ1) is 15.4. The van der Waals surface area contributed by atoms with Crippen LogP contribution < -0.4 is 15.4 Å². The number of nitrogens with zero attached hydrogens (tertiary/aromatic N) is 1. The summed E-state index contributed by atoms with van der Waals surface area (Å²) < 4.78 is 5.11. The second-order valence-corrected chi connectivity index (χ2v) is 4.52. The van der Waals surface area contributed by atoms with E-state index in [1.165, 1.54) is 7.11 Å². The minimum atomic E-state index is -0.361. The highest BCUT2D eigenvalue weighted by molar-refractivity contribution is 6.00. The van der Waals surface area contributed by atoms with Crippen LogP contribution in [0.5, 0.6) is 5.75 Å². The molecule has 0 heterocycles. The van der Waals surface area contributed by atoms with Gasteiger partial charge in [-0.25, -0.2) is 4.79 Å². The number of rotatable bonds is 4. The first-order valence-electron chi connectivity index (χ1n) is 6.72. The zero-order chi connectivity index (χ0) is 15.9. The van der Waals surface area contributed by atoms with Crippen LogP contribution in [0.4, 0.5) is 16.2 Å². The fourth-order valence-electron chi connectivity index (χ4n) is 1.95. The molecule has 2 rings (SSSR count). The number of amides is 2. The second-order valence-electron chi connectivity index (χ2n) is 4.52. The highest BCUT2D eigenvalue weighted by atomic mass is 16.5. The van der Waals surface area contributed by atoms with Crippen LogP contribution in [-0.2, 0) is 0 Å². The molecule has 0 aromatic heterocycles. The lowest BCUT2D eigenvalue weighted by atomic mass is 10.1. The van der Waals surface area contributed by atoms with Crippen molar-refractivity contribution < 1.29 is 9.53 Å². The Balaban J connectivity index is 2.07. The summed E-state index contributed by atoms with van der Waals surface area (Å²) >= 11 is 0. The molecule has 1 radical (unpaired) electrons. The van der Waals surface area contributed by atoms with Gasteiger partial charge < -0.3 is 15.4 Å². The van der Waals surface area contributed by atoms with Crippen molar-refractivity contribution in [2.24, 2.45) is 0 Å². The minimum absolute atomic E-state index is 0.361. The number of anilines is 2. The summed E-state index contributed by atoms with van der Waals surface area (Å²) in [5, 5.41) is 14.4. The van der Waals surface area contributed by atoms with E-state index >= 15 is 0 Å². The molecule has 0 spiro atoms. The number of nitriles is 1. The van der Waals surface area contributed by atoms with E-state index in [-0.39, 0.29) is 6.03 Å². The van der Waals surface area contributed by atoms with Gasteiger partial charge in [-0.15, -0.1) is 0 Å². The lowest BCUT2D eigenvalue weighted by Crippen LogP contribution is -2.19. The van der Waals surface area contributed by atoms with Crippen LogP contribution in [0.15, 0.2) is 42.5 Å². The van der Waals surface area contributed by atoms with Crippen LogP contribution in [0.3, 0.4) is 0 Å². The molecule has 0 unspecified atom stereocenters. The summed E-state index contributed by atoms with van der Waals surface area (Å²) in [6, 6.07) is 14.0. The summed E-state index contributed by atoms with van der Waals surface area (Å²) in [4.78, 5) is 12.0. The molecule has 0 aliphatic heterocycles. The molecule has 0 aliphatic rings. The predicted octanol–water partition coefficient (Wildman–Crippen LogP) is 3.78. The minimum Gasteiger partial charge on any atom is -0.495 e. The number of carbonyl (C=O) groups is 1. The van der Waals surface area contributed by atoms with Crippen molar-refractivity contribution in [1.29, 1.82) is 5.26 Å². The molecule has 2 N–H and O–H groups in total. The first-order chi connectivity index (χ1) is 10.7. The number of urea groups is 1. The maximum atomic E-state index is 12.0. The molecule has 0 saturated carbocycles. The van der Waals surface area contributed by atoms with Crippen molar-refractivity contribution in [3.63, 3.8) is 0 Å². The van der Waals surface area contributed by atoms with Gasteiger partial charge in [-0.05, 0) is 36.2 Å². The number of methoxy groups -OCH3 is 1. The van der Waals surface area contributed by atoms with Crippen molar-refractivity contribution in [2.75, 3.05) is 17.7 Å². The Labute approximate surface area is 129 Å². The lowest BCUT2D eigenvalue weighted by Gasteiger charge is -2.10. The standard InChI is InChI=1S/C17H16N3O2/c1-3-12-5-4-6-14(9-12)19-17(21)20-15-8-7-13(11-18)16(10-15)22-2/h3-10H,1-2H3,(H2,19,20,21). The fourth-order valence-corrected chi connectivity index (χ4v) is 1.95. The van der Waals surface area contributed by atoms with Crippen LogP contribution in [0.25, 0.3) is 0 Å². The molecule has 0 saturated heterocycles. The zero-order valence-electron chi connectivity index (χ0n) is 12.4. The third kappa shape index (κ3) is 3.76. The summed E-state index contributed by atoms with van der Waals surface area (Å²) in [5.41, 5.74) is 2.69. The van der Waals surface area contributed by atoms with Gasteiger partial charge in [0.15, 0.2) is 0 Å². The van der Waals surface area contributed by atoms with E-state index in [0.717, 1.165) is 5.56 Å². The molecule has 2 aromatic rings. The highest BCUT2D eigenvalue weighted by Gasteiger charge is 2.07. The van der Waals surface area contributed by atoms with Gasteiger partial charge >= 0.3 is 6.03 Å². The van der Waals surface area contributed by atoms with E-state index in [1.807, 2.05) is 43.7 Å². The Morgan fingerprint density at radius 3 is 2.55 bits per heavy atom. The van der Waals surface area contributed by atoms with Crippen molar-refractivity contribution in [3.05, 3.63) is 60.0 Å². The van der Waals surface area contributed by atoms with E-state index in [1.54, 1.807) is 18.2 Å². The van der Waals surface area contributed by atoms with Gasteiger partial charge in [0.25, 0.3) is 0 Å². The molecule has 5 nitrogen and oxygen atoms in total. The monoisotopic (exact) mass is 294 g/mol. The van der Waals surface area contributed by atoms with Gasteiger partial charge in [0.05, 0.1) is 12.7 Å². The average Bonchev–Trinajstić information content (AvgIpc) is 2.54. The van der Waals surface area contributed by atoms with Gasteiger partial charge in [0.2, 0.25) is 0 Å². The molecule has 2 aromatic carbocycles. The van der Waals surface area contributed by atoms with Crippen molar-refractivity contribution in [3.8, 4) is 11.8 Å². The molecular weight excluding hydrogens is 278 g/mol. The van der Waals surface area contributed by atoms with Gasteiger partial charge in [0.1, 0.15) is 11.8 Å². The van der Waals surface area contributed by atoms with E-state index < -0.39 is 0 Å². The van der Waals surface area contributed by atoms with Crippen LogP contribution in [0.1, 0.15) is 18.1 Å². The van der Waals surface area contributed by atoms with E-state index in [2.05, 4.69) is 10.6 Å². The maximum absolute atomic E-state index is 12.0. The topological polar surface area (TPSA) is 74.2 Å². The van der Waals surface area contributed by atoms with Crippen molar-refractivity contribution >= 4 is 17.4 Å². The number of benzene rings is 2. The number of hydrogen-bond donors (Lipinski definition) is 2. The fraction of sp³-hybridized carbons (Fsp3) is 0.118. The third-order valence-corrected chi connectivity index (χ3v) is 3.06. The number of hydrogen-bond acceptors (Lipinski definition) is 3. The highest BCUT2D eigenvalue weighted by Crippen LogP contribution is 2.22. The predicted molar refractivity (Wildman–Crippen MR) is 85.9 cm³/mol. The second kappa shape index (κ2) is 7.14.